The molecule has 1 saturated heterocycles. The van der Waals surface area contributed by atoms with E-state index >= 15 is 0 Å². The van der Waals surface area contributed by atoms with Crippen LogP contribution in [0.2, 0.25) is 0 Å². The molecule has 2 heterocycles. The number of aliphatic imine (C=N–C) groups is 1. The molecule has 0 aliphatic carbocycles. The summed E-state index contributed by atoms with van der Waals surface area (Å²) in [6.45, 7) is 10.6. The van der Waals surface area contributed by atoms with E-state index in [0.717, 1.165) is 37.2 Å². The molecule has 1 aromatic carbocycles. The molecule has 1 aliphatic heterocycles. The second-order valence-corrected chi connectivity index (χ2v) is 8.48. The van der Waals surface area contributed by atoms with Crippen LogP contribution in [0.25, 0.3) is 0 Å². The molecule has 33 heavy (non-hydrogen) atoms. The summed E-state index contributed by atoms with van der Waals surface area (Å²) in [7, 11) is 1.70. The highest BCUT2D eigenvalue weighted by molar-refractivity contribution is 14.0. The van der Waals surface area contributed by atoms with Crippen molar-refractivity contribution in [2.75, 3.05) is 39.8 Å². The maximum absolute atomic E-state index is 5.34. The Balaban J connectivity index is 0.00000385. The standard InChI is InChI=1S/C24H38N6O2.HI/c1-5-25-24(26-14-13-22-28-23(18(2)3)29-32-22)27-17-21(30-15-7-6-8-16-30)19-9-11-20(31-4)12-10-19;/h9-12,18,21H,5-8,13-17H2,1-4H3,(H2,25,26,27);1H. The number of methoxy groups -OCH3 is 1. The molecule has 184 valence electrons. The maximum Gasteiger partial charge on any atom is 0.228 e. The molecule has 2 aromatic rings. The number of rotatable bonds is 10. The number of hydrogen-bond donors (Lipinski definition) is 2. The van der Waals surface area contributed by atoms with E-state index in [9.17, 15) is 0 Å². The smallest absolute Gasteiger partial charge is 0.228 e. The molecule has 2 N–H and O–H groups in total. The number of benzene rings is 1. The van der Waals surface area contributed by atoms with Crippen molar-refractivity contribution in [1.29, 1.82) is 0 Å². The number of aromatic nitrogens is 2. The van der Waals surface area contributed by atoms with Gasteiger partial charge in [0.05, 0.1) is 19.7 Å². The fourth-order valence-electron chi connectivity index (χ4n) is 3.90. The van der Waals surface area contributed by atoms with Gasteiger partial charge in [-0.05, 0) is 50.6 Å². The van der Waals surface area contributed by atoms with Crippen LogP contribution in [0.5, 0.6) is 5.75 Å². The number of hydrogen-bond acceptors (Lipinski definition) is 6. The maximum atomic E-state index is 5.34. The molecule has 0 saturated carbocycles. The average molecular weight is 571 g/mol. The molecule has 0 radical (unpaired) electrons. The fraction of sp³-hybridized carbons (Fsp3) is 0.625. The van der Waals surface area contributed by atoms with Gasteiger partial charge in [0.1, 0.15) is 5.75 Å². The summed E-state index contributed by atoms with van der Waals surface area (Å²) in [5.41, 5.74) is 1.28. The van der Waals surface area contributed by atoms with E-state index in [-0.39, 0.29) is 35.9 Å². The van der Waals surface area contributed by atoms with E-state index in [0.29, 0.717) is 25.4 Å². The van der Waals surface area contributed by atoms with Gasteiger partial charge in [0, 0.05) is 25.4 Å². The lowest BCUT2D eigenvalue weighted by molar-refractivity contribution is 0.167. The largest absolute Gasteiger partial charge is 0.497 e. The van der Waals surface area contributed by atoms with Gasteiger partial charge in [-0.25, -0.2) is 0 Å². The van der Waals surface area contributed by atoms with Crippen LogP contribution >= 0.6 is 24.0 Å². The molecule has 3 rings (SSSR count). The topological polar surface area (TPSA) is 87.8 Å². The normalized spacial score (nSPS) is 15.7. The summed E-state index contributed by atoms with van der Waals surface area (Å²) in [5.74, 6) is 3.37. The molecular formula is C24H39IN6O2. The summed E-state index contributed by atoms with van der Waals surface area (Å²) >= 11 is 0. The first-order valence-electron chi connectivity index (χ1n) is 11.8. The highest BCUT2D eigenvalue weighted by Gasteiger charge is 2.22. The van der Waals surface area contributed by atoms with Crippen molar-refractivity contribution in [3.8, 4) is 5.75 Å². The van der Waals surface area contributed by atoms with Gasteiger partial charge in [-0.15, -0.1) is 24.0 Å². The van der Waals surface area contributed by atoms with Gasteiger partial charge < -0.3 is 19.9 Å². The SMILES string of the molecule is CCNC(=NCC(c1ccc(OC)cc1)N1CCCCC1)NCCc1nc(C(C)C)no1.I. The minimum Gasteiger partial charge on any atom is -0.497 e. The van der Waals surface area contributed by atoms with E-state index in [1.54, 1.807) is 7.11 Å². The van der Waals surface area contributed by atoms with Crippen molar-refractivity contribution in [2.45, 2.75) is 58.4 Å². The first-order valence-corrected chi connectivity index (χ1v) is 11.8. The second kappa shape index (κ2) is 14.4. The van der Waals surface area contributed by atoms with Crippen molar-refractivity contribution in [1.82, 2.24) is 25.7 Å². The summed E-state index contributed by atoms with van der Waals surface area (Å²) < 4.78 is 10.7. The lowest BCUT2D eigenvalue weighted by Gasteiger charge is -2.34. The molecule has 0 spiro atoms. The van der Waals surface area contributed by atoms with E-state index in [4.69, 9.17) is 14.3 Å². The monoisotopic (exact) mass is 570 g/mol. The third-order valence-electron chi connectivity index (χ3n) is 5.73. The highest BCUT2D eigenvalue weighted by atomic mass is 127. The Morgan fingerprint density at radius 2 is 1.88 bits per heavy atom. The van der Waals surface area contributed by atoms with Crippen molar-refractivity contribution >= 4 is 29.9 Å². The number of likely N-dealkylation sites (tertiary alicyclic amines) is 1. The third-order valence-corrected chi connectivity index (χ3v) is 5.73. The fourth-order valence-corrected chi connectivity index (χ4v) is 3.90. The predicted molar refractivity (Wildman–Crippen MR) is 143 cm³/mol. The van der Waals surface area contributed by atoms with Crippen LogP contribution < -0.4 is 15.4 Å². The average Bonchev–Trinajstić information content (AvgIpc) is 3.30. The first-order chi connectivity index (χ1) is 15.6. The van der Waals surface area contributed by atoms with Crippen molar-refractivity contribution in [3.63, 3.8) is 0 Å². The Bertz CT molecular complexity index is 834. The number of nitrogens with one attached hydrogen (secondary N) is 2. The molecule has 1 unspecified atom stereocenters. The van der Waals surface area contributed by atoms with Gasteiger partial charge in [0.2, 0.25) is 5.89 Å². The van der Waals surface area contributed by atoms with E-state index in [2.05, 4.69) is 58.6 Å². The van der Waals surface area contributed by atoms with E-state index < -0.39 is 0 Å². The zero-order valence-electron chi connectivity index (χ0n) is 20.3. The van der Waals surface area contributed by atoms with Gasteiger partial charge >= 0.3 is 0 Å². The molecule has 0 amide bonds. The second-order valence-electron chi connectivity index (χ2n) is 8.48. The number of halogens is 1. The zero-order valence-corrected chi connectivity index (χ0v) is 22.7. The van der Waals surface area contributed by atoms with Crippen molar-refractivity contribution in [3.05, 3.63) is 41.5 Å². The summed E-state index contributed by atoms with van der Waals surface area (Å²) in [6, 6.07) is 8.65. The van der Waals surface area contributed by atoms with E-state index in [1.165, 1.54) is 24.8 Å². The van der Waals surface area contributed by atoms with Gasteiger partial charge in [-0.1, -0.05) is 37.6 Å². The van der Waals surface area contributed by atoms with Gasteiger partial charge in [0.25, 0.3) is 0 Å². The molecule has 9 heteroatoms. The Kier molecular flexibility index (Phi) is 11.9. The van der Waals surface area contributed by atoms with Gasteiger partial charge in [-0.3, -0.25) is 9.89 Å². The Labute approximate surface area is 215 Å². The number of ether oxygens (including phenoxy) is 1. The quantitative estimate of drug-likeness (QED) is 0.252. The number of guanidine groups is 1. The van der Waals surface area contributed by atoms with Crippen LogP contribution in [0.3, 0.4) is 0 Å². The molecule has 8 nitrogen and oxygen atoms in total. The van der Waals surface area contributed by atoms with Crippen molar-refractivity contribution in [2.24, 2.45) is 4.99 Å². The minimum absolute atomic E-state index is 0. The highest BCUT2D eigenvalue weighted by Crippen LogP contribution is 2.26. The Morgan fingerprint density at radius 1 is 1.15 bits per heavy atom. The minimum atomic E-state index is 0. The van der Waals surface area contributed by atoms with Gasteiger partial charge in [0.15, 0.2) is 11.8 Å². The lowest BCUT2D eigenvalue weighted by Crippen LogP contribution is -2.40. The molecule has 0 bridgehead atoms. The zero-order chi connectivity index (χ0) is 22.8. The Hall–Kier alpha value is -1.88. The molecule has 1 aromatic heterocycles. The van der Waals surface area contributed by atoms with Gasteiger partial charge in [-0.2, -0.15) is 4.98 Å². The number of nitrogens with zero attached hydrogens (tertiary/aromatic N) is 4. The van der Waals surface area contributed by atoms with Crippen LogP contribution in [0, 0.1) is 0 Å². The van der Waals surface area contributed by atoms with Crippen LogP contribution in [-0.4, -0.2) is 60.8 Å². The van der Waals surface area contributed by atoms with Crippen molar-refractivity contribution < 1.29 is 9.26 Å². The van der Waals surface area contributed by atoms with Crippen LogP contribution in [0.4, 0.5) is 0 Å². The number of piperidine rings is 1. The third kappa shape index (κ3) is 8.44. The first kappa shape index (κ1) is 27.4. The van der Waals surface area contributed by atoms with E-state index in [1.807, 2.05) is 12.1 Å². The molecule has 1 fully saturated rings. The summed E-state index contributed by atoms with van der Waals surface area (Å²) in [5, 5.41) is 10.8. The summed E-state index contributed by atoms with van der Waals surface area (Å²) in [4.78, 5) is 11.9. The summed E-state index contributed by atoms with van der Waals surface area (Å²) in [6.07, 6.45) is 4.47. The lowest BCUT2D eigenvalue weighted by atomic mass is 10.0. The van der Waals surface area contributed by atoms with Crippen LogP contribution in [0.1, 0.15) is 69.3 Å². The van der Waals surface area contributed by atoms with Crippen LogP contribution in [0.15, 0.2) is 33.8 Å². The predicted octanol–water partition coefficient (Wildman–Crippen LogP) is 4.14. The molecule has 1 atom stereocenters. The molecular weight excluding hydrogens is 531 g/mol. The Morgan fingerprint density at radius 3 is 2.48 bits per heavy atom. The van der Waals surface area contributed by atoms with Crippen LogP contribution in [-0.2, 0) is 6.42 Å². The molecule has 1 aliphatic rings.